The van der Waals surface area contributed by atoms with E-state index in [1.807, 2.05) is 26.2 Å². The lowest BCUT2D eigenvalue weighted by molar-refractivity contribution is 0.401. The van der Waals surface area contributed by atoms with Gasteiger partial charge in [0.05, 0.1) is 0 Å². The molecule has 4 heteroatoms. The third-order valence-electron chi connectivity index (χ3n) is 1.61. The van der Waals surface area contributed by atoms with E-state index in [4.69, 9.17) is 18.0 Å². The zero-order valence-electron chi connectivity index (χ0n) is 7.82. The largest absolute Gasteiger partial charge is 0.388 e. The summed E-state index contributed by atoms with van der Waals surface area (Å²) in [7, 11) is 3.99. The van der Waals surface area contributed by atoms with Gasteiger partial charge in [0.25, 0.3) is 0 Å². The van der Waals surface area contributed by atoms with E-state index in [9.17, 15) is 0 Å². The Kier molecular flexibility index (Phi) is 3.33. The molecule has 13 heavy (non-hydrogen) atoms. The van der Waals surface area contributed by atoms with Crippen molar-refractivity contribution in [2.45, 2.75) is 6.54 Å². The van der Waals surface area contributed by atoms with Crippen molar-refractivity contribution in [3.8, 4) is 0 Å². The van der Waals surface area contributed by atoms with Gasteiger partial charge in [0, 0.05) is 12.7 Å². The van der Waals surface area contributed by atoms with Crippen LogP contribution in [0.4, 0.5) is 0 Å². The van der Waals surface area contributed by atoms with Crippen LogP contribution in [0, 0.1) is 0 Å². The van der Waals surface area contributed by atoms with Crippen LogP contribution in [0.5, 0.6) is 0 Å². The highest BCUT2D eigenvalue weighted by molar-refractivity contribution is 7.80. The van der Waals surface area contributed by atoms with Gasteiger partial charge in [0.15, 0.2) is 0 Å². The van der Waals surface area contributed by atoms with Gasteiger partial charge in [-0.25, -0.2) is 0 Å². The number of nitrogens with two attached hydrogens (primary N) is 1. The van der Waals surface area contributed by atoms with Crippen molar-refractivity contribution in [3.63, 3.8) is 0 Å². The Morgan fingerprint density at radius 1 is 1.62 bits per heavy atom. The minimum Gasteiger partial charge on any atom is -0.388 e. The van der Waals surface area contributed by atoms with Crippen LogP contribution in [-0.2, 0) is 6.54 Å². The molecule has 0 saturated carbocycles. The first-order valence-corrected chi connectivity index (χ1v) is 4.40. The van der Waals surface area contributed by atoms with E-state index in [0.717, 1.165) is 17.8 Å². The summed E-state index contributed by atoms with van der Waals surface area (Å²) in [5.74, 6) is 0. The second-order valence-electron chi connectivity index (χ2n) is 3.11. The molecule has 0 atom stereocenters. The Balaban J connectivity index is 2.98. The highest BCUT2D eigenvalue weighted by Gasteiger charge is 2.05. The molecule has 0 unspecified atom stereocenters. The molecule has 2 N–H and O–H groups in total. The van der Waals surface area contributed by atoms with Gasteiger partial charge in [-0.15, -0.1) is 0 Å². The molecule has 1 heterocycles. The fraction of sp³-hybridized carbons (Fsp3) is 0.333. The minimum atomic E-state index is 0.359. The fourth-order valence-electron chi connectivity index (χ4n) is 1.13. The number of hydrogen-bond acceptors (Lipinski definition) is 3. The SMILES string of the molecule is CN(C)Cc1cccnc1C(N)=S. The molecule has 0 radical (unpaired) electrons. The number of hydrogen-bond donors (Lipinski definition) is 1. The summed E-state index contributed by atoms with van der Waals surface area (Å²) in [5.41, 5.74) is 7.34. The smallest absolute Gasteiger partial charge is 0.123 e. The van der Waals surface area contributed by atoms with Gasteiger partial charge in [0.2, 0.25) is 0 Å². The van der Waals surface area contributed by atoms with Crippen LogP contribution < -0.4 is 5.73 Å². The first kappa shape index (κ1) is 10.1. The van der Waals surface area contributed by atoms with E-state index in [1.54, 1.807) is 6.20 Å². The molecule has 0 aliphatic rings. The van der Waals surface area contributed by atoms with Gasteiger partial charge >= 0.3 is 0 Å². The average Bonchev–Trinajstić information content (AvgIpc) is 2.03. The quantitative estimate of drug-likeness (QED) is 0.724. The second-order valence-corrected chi connectivity index (χ2v) is 3.55. The van der Waals surface area contributed by atoms with Crippen LogP contribution in [0.1, 0.15) is 11.3 Å². The van der Waals surface area contributed by atoms with Crippen molar-refractivity contribution in [3.05, 3.63) is 29.6 Å². The molecule has 0 fully saturated rings. The van der Waals surface area contributed by atoms with Gasteiger partial charge in [-0.1, -0.05) is 18.3 Å². The van der Waals surface area contributed by atoms with Crippen molar-refractivity contribution >= 4 is 17.2 Å². The molecule has 0 amide bonds. The third kappa shape index (κ3) is 2.75. The molecule has 1 aromatic rings. The number of thiocarbonyl (C=S) groups is 1. The first-order chi connectivity index (χ1) is 6.11. The lowest BCUT2D eigenvalue weighted by Gasteiger charge is -2.11. The zero-order chi connectivity index (χ0) is 9.84. The average molecular weight is 195 g/mol. The summed E-state index contributed by atoms with van der Waals surface area (Å²) in [5, 5.41) is 0. The van der Waals surface area contributed by atoms with E-state index in [0.29, 0.717) is 4.99 Å². The molecule has 3 nitrogen and oxygen atoms in total. The predicted octanol–water partition coefficient (Wildman–Crippen LogP) is 0.777. The van der Waals surface area contributed by atoms with Gasteiger partial charge in [-0.3, -0.25) is 4.98 Å². The van der Waals surface area contributed by atoms with E-state index in [-0.39, 0.29) is 0 Å². The Morgan fingerprint density at radius 2 is 2.31 bits per heavy atom. The number of nitrogens with zero attached hydrogens (tertiary/aromatic N) is 2. The molecule has 0 bridgehead atoms. The van der Waals surface area contributed by atoms with Gasteiger partial charge in [-0.2, -0.15) is 0 Å². The van der Waals surface area contributed by atoms with Crippen LogP contribution in [0.15, 0.2) is 18.3 Å². The summed E-state index contributed by atoms with van der Waals surface area (Å²) in [6.45, 7) is 0.806. The van der Waals surface area contributed by atoms with Crippen LogP contribution in [0.3, 0.4) is 0 Å². The fourth-order valence-corrected chi connectivity index (χ4v) is 1.31. The monoisotopic (exact) mass is 195 g/mol. The van der Waals surface area contributed by atoms with Crippen molar-refractivity contribution < 1.29 is 0 Å². The summed E-state index contributed by atoms with van der Waals surface area (Å²) in [4.78, 5) is 6.55. The molecule has 70 valence electrons. The molecule has 0 aromatic carbocycles. The van der Waals surface area contributed by atoms with Crippen LogP contribution in [0.25, 0.3) is 0 Å². The molecule has 0 saturated heterocycles. The normalized spacial score (nSPS) is 10.4. The van der Waals surface area contributed by atoms with Gasteiger partial charge < -0.3 is 10.6 Å². The molecule has 1 aromatic heterocycles. The topological polar surface area (TPSA) is 42.2 Å². The van der Waals surface area contributed by atoms with Crippen molar-refractivity contribution in [1.82, 2.24) is 9.88 Å². The molecule has 1 rings (SSSR count). The van der Waals surface area contributed by atoms with Gasteiger partial charge in [-0.05, 0) is 25.7 Å². The molecule has 0 spiro atoms. The second kappa shape index (κ2) is 4.30. The zero-order valence-corrected chi connectivity index (χ0v) is 8.64. The summed E-state index contributed by atoms with van der Waals surface area (Å²) in [6, 6.07) is 3.88. The van der Waals surface area contributed by atoms with Crippen LogP contribution in [-0.4, -0.2) is 29.0 Å². The van der Waals surface area contributed by atoms with Crippen molar-refractivity contribution in [2.24, 2.45) is 5.73 Å². The summed E-state index contributed by atoms with van der Waals surface area (Å²) < 4.78 is 0. The Morgan fingerprint density at radius 3 is 2.85 bits per heavy atom. The van der Waals surface area contributed by atoms with Crippen molar-refractivity contribution in [2.75, 3.05) is 14.1 Å². The maximum Gasteiger partial charge on any atom is 0.123 e. The highest BCUT2D eigenvalue weighted by atomic mass is 32.1. The third-order valence-corrected chi connectivity index (χ3v) is 1.80. The minimum absolute atomic E-state index is 0.359. The first-order valence-electron chi connectivity index (χ1n) is 3.99. The lowest BCUT2D eigenvalue weighted by Crippen LogP contribution is -2.18. The lowest BCUT2D eigenvalue weighted by atomic mass is 10.2. The number of aromatic nitrogens is 1. The molecule has 0 aliphatic carbocycles. The van der Waals surface area contributed by atoms with Crippen LogP contribution >= 0.6 is 12.2 Å². The molecular formula is C9H13N3S. The van der Waals surface area contributed by atoms with E-state index in [2.05, 4.69) is 9.88 Å². The maximum absolute atomic E-state index is 5.54. The summed E-state index contributed by atoms with van der Waals surface area (Å²) >= 11 is 4.90. The van der Waals surface area contributed by atoms with E-state index in [1.165, 1.54) is 0 Å². The van der Waals surface area contributed by atoms with Crippen LogP contribution in [0.2, 0.25) is 0 Å². The number of pyridine rings is 1. The summed E-state index contributed by atoms with van der Waals surface area (Å²) in [6.07, 6.45) is 1.70. The Hall–Kier alpha value is -1.00. The Bertz CT molecular complexity index is 309. The standard InChI is InChI=1S/C9H13N3S/c1-12(2)6-7-4-3-5-11-8(7)9(10)13/h3-5H,6H2,1-2H3,(H2,10,13). The number of rotatable bonds is 3. The Labute approximate surface area is 83.6 Å². The van der Waals surface area contributed by atoms with Gasteiger partial charge in [0.1, 0.15) is 10.7 Å². The maximum atomic E-state index is 5.54. The molecule has 0 aliphatic heterocycles. The predicted molar refractivity (Wildman–Crippen MR) is 57.5 cm³/mol. The van der Waals surface area contributed by atoms with E-state index >= 15 is 0 Å². The van der Waals surface area contributed by atoms with Crippen molar-refractivity contribution in [1.29, 1.82) is 0 Å². The van der Waals surface area contributed by atoms with E-state index < -0.39 is 0 Å². The molecular weight excluding hydrogens is 182 g/mol. The highest BCUT2D eigenvalue weighted by Crippen LogP contribution is 2.06.